The highest BCUT2D eigenvalue weighted by Gasteiger charge is 2.11. The number of H-pyrrole nitrogens is 1. The zero-order chi connectivity index (χ0) is 23.0. The molecule has 0 fully saturated rings. The van der Waals surface area contributed by atoms with E-state index in [0.717, 1.165) is 22.4 Å². The summed E-state index contributed by atoms with van der Waals surface area (Å²) in [6.07, 6.45) is 1.55. The lowest BCUT2D eigenvalue weighted by atomic mass is 10.1. The SMILES string of the molecule is COc1ccc(C=NNC(=O)c2cc(-c3cccc(OCc4ccccc4Cl)c3)n[nH]2)cc1. The molecule has 2 N–H and O–H groups in total. The molecule has 3 aromatic carbocycles. The molecule has 0 spiro atoms. The van der Waals surface area contributed by atoms with Crippen LogP contribution in [-0.2, 0) is 6.61 Å². The van der Waals surface area contributed by atoms with Crippen LogP contribution in [0, 0.1) is 0 Å². The van der Waals surface area contributed by atoms with Crippen LogP contribution in [0.15, 0.2) is 84.0 Å². The van der Waals surface area contributed by atoms with Crippen molar-refractivity contribution in [2.24, 2.45) is 5.10 Å². The Bertz CT molecular complexity index is 1270. The molecule has 7 nitrogen and oxygen atoms in total. The van der Waals surface area contributed by atoms with Crippen molar-refractivity contribution in [3.05, 3.63) is 101 Å². The number of amides is 1. The van der Waals surface area contributed by atoms with Gasteiger partial charge in [0.2, 0.25) is 0 Å². The summed E-state index contributed by atoms with van der Waals surface area (Å²) in [6, 6.07) is 24.0. The summed E-state index contributed by atoms with van der Waals surface area (Å²) >= 11 is 6.19. The fraction of sp³-hybridized carbons (Fsp3) is 0.0800. The van der Waals surface area contributed by atoms with Crippen LogP contribution >= 0.6 is 11.6 Å². The van der Waals surface area contributed by atoms with Gasteiger partial charge in [-0.1, -0.05) is 41.9 Å². The first-order chi connectivity index (χ1) is 16.1. The van der Waals surface area contributed by atoms with Gasteiger partial charge in [0, 0.05) is 16.1 Å². The molecule has 4 aromatic rings. The first kappa shape index (κ1) is 22.1. The number of nitrogens with one attached hydrogen (secondary N) is 2. The lowest BCUT2D eigenvalue weighted by Gasteiger charge is -2.08. The van der Waals surface area contributed by atoms with E-state index in [9.17, 15) is 4.79 Å². The summed E-state index contributed by atoms with van der Waals surface area (Å²) in [5, 5.41) is 11.6. The Morgan fingerprint density at radius 2 is 1.88 bits per heavy atom. The Morgan fingerprint density at radius 3 is 2.67 bits per heavy atom. The van der Waals surface area contributed by atoms with Gasteiger partial charge in [-0.05, 0) is 54.1 Å². The summed E-state index contributed by atoms with van der Waals surface area (Å²) < 4.78 is 11.0. The van der Waals surface area contributed by atoms with E-state index < -0.39 is 5.91 Å². The minimum Gasteiger partial charge on any atom is -0.497 e. The van der Waals surface area contributed by atoms with Gasteiger partial charge in [-0.3, -0.25) is 9.89 Å². The number of hydrogen-bond acceptors (Lipinski definition) is 5. The number of ether oxygens (including phenoxy) is 2. The van der Waals surface area contributed by atoms with E-state index in [-0.39, 0.29) is 0 Å². The minimum absolute atomic E-state index is 0.291. The maximum atomic E-state index is 12.4. The van der Waals surface area contributed by atoms with Crippen LogP contribution in [-0.4, -0.2) is 29.4 Å². The number of hydrogen-bond donors (Lipinski definition) is 2. The van der Waals surface area contributed by atoms with Gasteiger partial charge in [0.05, 0.1) is 19.0 Å². The topological polar surface area (TPSA) is 88.6 Å². The highest BCUT2D eigenvalue weighted by atomic mass is 35.5. The second-order valence-corrected chi connectivity index (χ2v) is 7.45. The van der Waals surface area contributed by atoms with Crippen LogP contribution in [0.3, 0.4) is 0 Å². The summed E-state index contributed by atoms with van der Waals surface area (Å²) in [5.41, 5.74) is 5.93. The molecule has 0 aliphatic heterocycles. The number of hydrazone groups is 1. The number of aromatic amines is 1. The van der Waals surface area contributed by atoms with E-state index >= 15 is 0 Å². The van der Waals surface area contributed by atoms with Gasteiger partial charge in [0.15, 0.2) is 0 Å². The number of carbonyl (C=O) groups is 1. The summed E-state index contributed by atoms with van der Waals surface area (Å²) in [4.78, 5) is 12.4. The molecule has 4 rings (SSSR count). The number of nitrogens with zero attached hydrogens (tertiary/aromatic N) is 2. The van der Waals surface area contributed by atoms with Gasteiger partial charge in [0.25, 0.3) is 5.91 Å². The van der Waals surface area contributed by atoms with Crippen LogP contribution in [0.2, 0.25) is 5.02 Å². The predicted octanol–water partition coefficient (Wildman–Crippen LogP) is 5.08. The van der Waals surface area contributed by atoms with E-state index in [1.165, 1.54) is 0 Å². The second kappa shape index (κ2) is 10.5. The molecule has 1 aromatic heterocycles. The largest absolute Gasteiger partial charge is 0.497 e. The zero-order valence-electron chi connectivity index (χ0n) is 17.8. The lowest BCUT2D eigenvalue weighted by Crippen LogP contribution is -2.17. The third-order valence-electron chi connectivity index (χ3n) is 4.80. The Kier molecular flexibility index (Phi) is 7.02. The van der Waals surface area contributed by atoms with Crippen molar-refractivity contribution in [3.8, 4) is 22.8 Å². The molecule has 0 aliphatic rings. The molecule has 166 valence electrons. The van der Waals surface area contributed by atoms with Crippen LogP contribution < -0.4 is 14.9 Å². The summed E-state index contributed by atoms with van der Waals surface area (Å²) in [7, 11) is 1.60. The minimum atomic E-state index is -0.398. The third-order valence-corrected chi connectivity index (χ3v) is 5.17. The number of halogens is 1. The van der Waals surface area contributed by atoms with Crippen LogP contribution in [0.5, 0.6) is 11.5 Å². The highest BCUT2D eigenvalue weighted by molar-refractivity contribution is 6.31. The van der Waals surface area contributed by atoms with Crippen molar-refractivity contribution in [2.75, 3.05) is 7.11 Å². The van der Waals surface area contributed by atoms with Crippen LogP contribution in [0.25, 0.3) is 11.3 Å². The number of rotatable bonds is 8. The van der Waals surface area contributed by atoms with Crippen LogP contribution in [0.4, 0.5) is 0 Å². The molecule has 33 heavy (non-hydrogen) atoms. The van der Waals surface area contributed by atoms with Crippen molar-refractivity contribution in [1.29, 1.82) is 0 Å². The second-order valence-electron chi connectivity index (χ2n) is 7.05. The Labute approximate surface area is 196 Å². The molecule has 1 amide bonds. The van der Waals surface area contributed by atoms with Gasteiger partial charge in [-0.15, -0.1) is 0 Å². The Balaban J connectivity index is 1.38. The summed E-state index contributed by atoms with van der Waals surface area (Å²) in [5.74, 6) is 1.02. The number of carbonyl (C=O) groups excluding carboxylic acids is 1. The van der Waals surface area contributed by atoms with Crippen molar-refractivity contribution in [1.82, 2.24) is 15.6 Å². The first-order valence-corrected chi connectivity index (χ1v) is 10.5. The molecule has 0 atom stereocenters. The van der Waals surface area contributed by atoms with E-state index in [4.69, 9.17) is 21.1 Å². The fourth-order valence-corrected chi connectivity index (χ4v) is 3.21. The van der Waals surface area contributed by atoms with Crippen molar-refractivity contribution >= 4 is 23.7 Å². The van der Waals surface area contributed by atoms with E-state index in [1.807, 2.05) is 72.8 Å². The third kappa shape index (κ3) is 5.78. The molecular weight excluding hydrogens is 440 g/mol. The zero-order valence-corrected chi connectivity index (χ0v) is 18.5. The van der Waals surface area contributed by atoms with Crippen molar-refractivity contribution < 1.29 is 14.3 Å². The number of methoxy groups -OCH3 is 1. The first-order valence-electron chi connectivity index (χ1n) is 10.1. The lowest BCUT2D eigenvalue weighted by molar-refractivity contribution is 0.0950. The van der Waals surface area contributed by atoms with Crippen molar-refractivity contribution in [3.63, 3.8) is 0 Å². The van der Waals surface area contributed by atoms with Crippen molar-refractivity contribution in [2.45, 2.75) is 6.61 Å². The molecular formula is C25H21ClN4O3. The molecule has 0 aliphatic carbocycles. The number of aromatic nitrogens is 2. The molecule has 0 saturated carbocycles. The maximum absolute atomic E-state index is 12.4. The normalized spacial score (nSPS) is 10.8. The highest BCUT2D eigenvalue weighted by Crippen LogP contribution is 2.24. The summed E-state index contributed by atoms with van der Waals surface area (Å²) in [6.45, 7) is 0.351. The van der Waals surface area contributed by atoms with Gasteiger partial charge in [-0.2, -0.15) is 10.2 Å². The fourth-order valence-electron chi connectivity index (χ4n) is 3.02. The maximum Gasteiger partial charge on any atom is 0.289 e. The van der Waals surface area contributed by atoms with Gasteiger partial charge in [-0.25, -0.2) is 5.43 Å². The van der Waals surface area contributed by atoms with Crippen LogP contribution in [0.1, 0.15) is 21.6 Å². The molecule has 8 heteroatoms. The Morgan fingerprint density at radius 1 is 1.06 bits per heavy atom. The van der Waals surface area contributed by atoms with Gasteiger partial charge >= 0.3 is 0 Å². The standard InChI is InChI=1S/C25H21ClN4O3/c1-32-20-11-9-17(10-12-20)15-27-30-25(31)24-14-23(28-29-24)18-6-4-7-21(13-18)33-16-19-5-2-3-8-22(19)26/h2-15H,16H2,1H3,(H,28,29)(H,30,31). The predicted molar refractivity (Wildman–Crippen MR) is 128 cm³/mol. The molecule has 1 heterocycles. The van der Waals surface area contributed by atoms with E-state index in [0.29, 0.717) is 28.8 Å². The monoisotopic (exact) mass is 460 g/mol. The quantitative estimate of drug-likeness (QED) is 0.283. The van der Waals surface area contributed by atoms with E-state index in [1.54, 1.807) is 19.4 Å². The Hall–Kier alpha value is -4.10. The smallest absolute Gasteiger partial charge is 0.289 e. The molecule has 0 radical (unpaired) electrons. The molecule has 0 saturated heterocycles. The van der Waals surface area contributed by atoms with E-state index in [2.05, 4.69) is 20.7 Å². The number of benzene rings is 3. The van der Waals surface area contributed by atoms with Gasteiger partial charge in [0.1, 0.15) is 23.8 Å². The molecule has 0 bridgehead atoms. The van der Waals surface area contributed by atoms with Gasteiger partial charge < -0.3 is 9.47 Å². The molecule has 0 unspecified atom stereocenters. The average Bonchev–Trinajstić information content (AvgIpc) is 3.35. The average molecular weight is 461 g/mol.